The Morgan fingerprint density at radius 1 is 0.857 bits per heavy atom. The zero-order valence-corrected chi connectivity index (χ0v) is 17.5. The van der Waals surface area contributed by atoms with Crippen molar-refractivity contribution in [1.82, 2.24) is 0 Å². The highest BCUT2D eigenvalue weighted by molar-refractivity contribution is 9.10. The number of nitrogens with zero attached hydrogens (tertiary/aromatic N) is 2. The molecule has 0 saturated carbocycles. The lowest BCUT2D eigenvalue weighted by molar-refractivity contribution is -0.600. The molecule has 0 fully saturated rings. The van der Waals surface area contributed by atoms with E-state index in [1.165, 1.54) is 4.68 Å². The first kappa shape index (κ1) is 18.7. The summed E-state index contributed by atoms with van der Waals surface area (Å²) < 4.78 is 28.2. The summed E-state index contributed by atoms with van der Waals surface area (Å²) in [6, 6.07) is 24.1. The molecule has 1 heterocycles. The largest absolute Gasteiger partial charge is 0.317 e. The van der Waals surface area contributed by atoms with Gasteiger partial charge in [-0.2, -0.15) is 0 Å². The number of fused-ring (bicyclic) bond motifs is 1. The number of pyridine rings is 1. The van der Waals surface area contributed by atoms with Gasteiger partial charge in [0.1, 0.15) is 0 Å². The number of halogens is 1. The lowest BCUT2D eigenvalue weighted by Gasteiger charge is -2.18. The smallest absolute Gasteiger partial charge is 0.209 e. The predicted molar refractivity (Wildman–Crippen MR) is 114 cm³/mol. The standard InChI is InChI=1S/C22H17BrN2O2S/c1-16-6-12-21(13-7-16)28(26,27)24-25-15-19-5-3-2-4-18(19)14-22(25)17-8-10-20(23)11-9-17/h2-15H,1H3. The first-order chi connectivity index (χ1) is 13.4. The highest BCUT2D eigenvalue weighted by Gasteiger charge is 2.15. The Labute approximate surface area is 172 Å². The van der Waals surface area contributed by atoms with E-state index in [2.05, 4.69) is 20.8 Å². The molecule has 1 aromatic heterocycles. The van der Waals surface area contributed by atoms with Gasteiger partial charge in [-0.05, 0) is 54.8 Å². The molecule has 3 aromatic carbocycles. The third kappa shape index (κ3) is 3.79. The highest BCUT2D eigenvalue weighted by Crippen LogP contribution is 2.25. The topological polar surface area (TPSA) is 52.1 Å². The molecule has 4 rings (SSSR count). The molecule has 0 aliphatic heterocycles. The molecule has 0 N–H and O–H groups in total. The van der Waals surface area contributed by atoms with Crippen LogP contribution in [0.4, 0.5) is 0 Å². The molecule has 140 valence electrons. The molecular weight excluding hydrogens is 436 g/mol. The first-order valence-electron chi connectivity index (χ1n) is 8.68. The third-order valence-corrected chi connectivity index (χ3v) is 6.24. The number of sulfonamides is 1. The van der Waals surface area contributed by atoms with Crippen LogP contribution in [-0.2, 0) is 10.0 Å². The van der Waals surface area contributed by atoms with Gasteiger partial charge in [0.2, 0.25) is 5.69 Å². The van der Waals surface area contributed by atoms with E-state index in [1.54, 1.807) is 30.5 Å². The summed E-state index contributed by atoms with van der Waals surface area (Å²) in [5.74, 6) is 0. The van der Waals surface area contributed by atoms with Gasteiger partial charge in [0, 0.05) is 21.5 Å². The van der Waals surface area contributed by atoms with Crippen molar-refractivity contribution in [3.63, 3.8) is 0 Å². The van der Waals surface area contributed by atoms with Crippen LogP contribution in [-0.4, -0.2) is 8.42 Å². The molecule has 0 saturated heterocycles. The molecule has 4 nitrogen and oxygen atoms in total. The summed E-state index contributed by atoms with van der Waals surface area (Å²) >= 11 is 3.44. The van der Waals surface area contributed by atoms with Crippen LogP contribution in [0, 0.1) is 6.92 Å². The van der Waals surface area contributed by atoms with Gasteiger partial charge in [-0.15, -0.1) is 0 Å². The summed E-state index contributed by atoms with van der Waals surface area (Å²) in [5, 5.41) is 1.92. The van der Waals surface area contributed by atoms with Crippen molar-refractivity contribution >= 4 is 36.7 Å². The quantitative estimate of drug-likeness (QED) is 0.389. The van der Waals surface area contributed by atoms with Gasteiger partial charge in [-0.1, -0.05) is 51.8 Å². The minimum absolute atomic E-state index is 0.167. The van der Waals surface area contributed by atoms with Crippen LogP contribution in [0.3, 0.4) is 0 Å². The van der Waals surface area contributed by atoms with E-state index < -0.39 is 10.0 Å². The van der Waals surface area contributed by atoms with Gasteiger partial charge in [-0.3, -0.25) is 0 Å². The van der Waals surface area contributed by atoms with Crippen LogP contribution in [0.5, 0.6) is 0 Å². The average Bonchev–Trinajstić information content (AvgIpc) is 2.68. The van der Waals surface area contributed by atoms with Crippen molar-refractivity contribution < 1.29 is 13.1 Å². The van der Waals surface area contributed by atoms with Crippen LogP contribution in [0.1, 0.15) is 5.56 Å². The summed E-state index contributed by atoms with van der Waals surface area (Å²) in [7, 11) is -3.86. The SMILES string of the molecule is Cc1ccc(S(=O)(=O)[N-][n+]2cc3ccccc3cc2-c2ccc(Br)cc2)cc1. The number of hydrogen-bond donors (Lipinski definition) is 0. The molecule has 0 bridgehead atoms. The summed E-state index contributed by atoms with van der Waals surface area (Å²) in [4.78, 5) is 4.28. The zero-order valence-electron chi connectivity index (χ0n) is 15.1. The zero-order chi connectivity index (χ0) is 19.7. The van der Waals surface area contributed by atoms with Crippen LogP contribution in [0.15, 0.2) is 94.4 Å². The fraction of sp³-hybridized carbons (Fsp3) is 0.0455. The second-order valence-electron chi connectivity index (χ2n) is 6.51. The fourth-order valence-corrected chi connectivity index (χ4v) is 4.16. The normalized spacial score (nSPS) is 11.5. The maximum Gasteiger partial charge on any atom is 0.209 e. The van der Waals surface area contributed by atoms with Crippen molar-refractivity contribution in [2.75, 3.05) is 0 Å². The van der Waals surface area contributed by atoms with Gasteiger partial charge in [0.25, 0.3) is 0 Å². The monoisotopic (exact) mass is 452 g/mol. The van der Waals surface area contributed by atoms with E-state index in [9.17, 15) is 8.42 Å². The van der Waals surface area contributed by atoms with E-state index in [0.717, 1.165) is 26.4 Å². The predicted octanol–water partition coefficient (Wildman–Crippen LogP) is 5.39. The Morgan fingerprint density at radius 3 is 2.18 bits per heavy atom. The van der Waals surface area contributed by atoms with E-state index in [1.807, 2.05) is 61.5 Å². The van der Waals surface area contributed by atoms with E-state index in [4.69, 9.17) is 0 Å². The third-order valence-electron chi connectivity index (χ3n) is 4.45. The second kappa shape index (κ2) is 7.37. The van der Waals surface area contributed by atoms with E-state index >= 15 is 0 Å². The van der Waals surface area contributed by atoms with Gasteiger partial charge >= 0.3 is 0 Å². The number of hydrogen-bond acceptors (Lipinski definition) is 2. The number of rotatable bonds is 4. The molecule has 0 radical (unpaired) electrons. The molecule has 0 aliphatic rings. The fourth-order valence-electron chi connectivity index (χ4n) is 2.95. The summed E-state index contributed by atoms with van der Waals surface area (Å²) in [5.41, 5.74) is 2.56. The van der Waals surface area contributed by atoms with Crippen LogP contribution in [0.2, 0.25) is 0 Å². The van der Waals surface area contributed by atoms with E-state index in [-0.39, 0.29) is 4.90 Å². The lowest BCUT2D eigenvalue weighted by Crippen LogP contribution is -2.34. The molecule has 4 aromatic rings. The van der Waals surface area contributed by atoms with Crippen LogP contribution < -0.4 is 4.68 Å². The summed E-state index contributed by atoms with van der Waals surface area (Å²) in [6.45, 7) is 1.91. The maximum atomic E-state index is 12.9. The highest BCUT2D eigenvalue weighted by atomic mass is 79.9. The molecule has 0 aliphatic carbocycles. The van der Waals surface area contributed by atoms with Gasteiger partial charge < -0.3 is 4.83 Å². The minimum atomic E-state index is -3.86. The Hall–Kier alpha value is -2.70. The molecule has 0 amide bonds. The Balaban J connectivity index is 1.85. The lowest BCUT2D eigenvalue weighted by atomic mass is 10.1. The number of aryl methyl sites for hydroxylation is 1. The van der Waals surface area contributed by atoms with E-state index in [0.29, 0.717) is 5.69 Å². The van der Waals surface area contributed by atoms with Gasteiger partial charge in [-0.25, -0.2) is 13.1 Å². The molecule has 28 heavy (non-hydrogen) atoms. The average molecular weight is 453 g/mol. The molecular formula is C22H17BrN2O2S. The van der Waals surface area contributed by atoms with Crippen molar-refractivity contribution in [3.8, 4) is 11.3 Å². The Morgan fingerprint density at radius 2 is 1.50 bits per heavy atom. The Kier molecular flexibility index (Phi) is 4.91. The summed E-state index contributed by atoms with van der Waals surface area (Å²) in [6.07, 6.45) is 1.75. The van der Waals surface area contributed by atoms with Gasteiger partial charge in [0.15, 0.2) is 16.2 Å². The number of benzene rings is 3. The maximum absolute atomic E-state index is 12.9. The van der Waals surface area contributed by atoms with Crippen molar-refractivity contribution in [3.05, 3.63) is 99.9 Å². The molecule has 0 unspecified atom stereocenters. The second-order valence-corrected chi connectivity index (χ2v) is 9.01. The molecule has 0 spiro atoms. The van der Waals surface area contributed by atoms with Crippen LogP contribution >= 0.6 is 15.9 Å². The van der Waals surface area contributed by atoms with Gasteiger partial charge in [0.05, 0.1) is 4.90 Å². The Bertz CT molecular complexity index is 1250. The molecule has 0 atom stereocenters. The molecule has 6 heteroatoms. The van der Waals surface area contributed by atoms with Crippen molar-refractivity contribution in [2.45, 2.75) is 11.8 Å². The van der Waals surface area contributed by atoms with Crippen LogP contribution in [0.25, 0.3) is 26.9 Å². The first-order valence-corrected chi connectivity index (χ1v) is 10.9. The number of aromatic nitrogens is 1. The minimum Gasteiger partial charge on any atom is -0.317 e. The van der Waals surface area contributed by atoms with Crippen molar-refractivity contribution in [1.29, 1.82) is 0 Å². The van der Waals surface area contributed by atoms with Crippen molar-refractivity contribution in [2.24, 2.45) is 0 Å².